The predicted octanol–water partition coefficient (Wildman–Crippen LogP) is 0.315. The van der Waals surface area contributed by atoms with E-state index in [2.05, 4.69) is 17.6 Å². The molecule has 0 radical (unpaired) electrons. The Bertz CT molecular complexity index is 471. The summed E-state index contributed by atoms with van der Waals surface area (Å²) in [5, 5.41) is 24.3. The Hall–Kier alpha value is -2.36. The summed E-state index contributed by atoms with van der Waals surface area (Å²) in [6.07, 6.45) is 2.52. The van der Waals surface area contributed by atoms with Crippen LogP contribution < -0.4 is 16.0 Å². The third-order valence-corrected chi connectivity index (χ3v) is 3.44. The fraction of sp³-hybridized carbons (Fsp3) is 0.750. The fourth-order valence-corrected chi connectivity index (χ4v) is 1.91. The number of carbonyl (C=O) groups is 4. The van der Waals surface area contributed by atoms with Gasteiger partial charge < -0.3 is 30.9 Å². The van der Waals surface area contributed by atoms with Crippen molar-refractivity contribution in [1.82, 2.24) is 16.0 Å². The molecule has 2 atom stereocenters. The summed E-state index contributed by atoms with van der Waals surface area (Å²) in [5.74, 6) is -2.88. The van der Waals surface area contributed by atoms with E-state index in [1.54, 1.807) is 0 Å². The number of amides is 3. The van der Waals surface area contributed by atoms with E-state index < -0.39 is 30.6 Å². The van der Waals surface area contributed by atoms with Gasteiger partial charge in [0.05, 0.1) is 6.10 Å². The zero-order valence-corrected chi connectivity index (χ0v) is 15.2. The average Bonchev–Trinajstić information content (AvgIpc) is 2.56. The molecule has 0 heterocycles. The van der Waals surface area contributed by atoms with Crippen molar-refractivity contribution >= 4 is 23.9 Å². The second-order valence-corrected chi connectivity index (χ2v) is 5.82. The van der Waals surface area contributed by atoms with Gasteiger partial charge in [-0.2, -0.15) is 0 Å². The molecule has 10 nitrogen and oxygen atoms in total. The number of hydrogen-bond acceptors (Lipinski definition) is 5. The number of ether oxygens (including phenoxy) is 1. The van der Waals surface area contributed by atoms with Gasteiger partial charge in [0.1, 0.15) is 12.6 Å². The first-order valence-corrected chi connectivity index (χ1v) is 8.63. The van der Waals surface area contributed by atoms with Crippen LogP contribution in [0.2, 0.25) is 0 Å². The number of hydrogen-bond donors (Lipinski definition) is 5. The third-order valence-electron chi connectivity index (χ3n) is 3.44. The van der Waals surface area contributed by atoms with Crippen molar-refractivity contribution in [1.29, 1.82) is 0 Å². The number of carbonyl (C=O) groups excluding carboxylic acids is 2. The zero-order chi connectivity index (χ0) is 19.9. The molecule has 0 fully saturated rings. The van der Waals surface area contributed by atoms with Crippen LogP contribution in [0.15, 0.2) is 0 Å². The van der Waals surface area contributed by atoms with Gasteiger partial charge in [-0.25, -0.2) is 9.59 Å². The molecule has 0 aliphatic rings. The smallest absolute Gasteiger partial charge is 0.326 e. The molecule has 26 heavy (non-hydrogen) atoms. The highest BCUT2D eigenvalue weighted by atomic mass is 16.5. The number of aliphatic carboxylic acids is 2. The molecular weight excluding hydrogens is 346 g/mol. The molecule has 0 bridgehead atoms. The highest BCUT2D eigenvalue weighted by molar-refractivity contribution is 5.85. The van der Waals surface area contributed by atoms with Crippen LogP contribution in [-0.4, -0.2) is 65.9 Å². The van der Waals surface area contributed by atoms with Gasteiger partial charge in [0.15, 0.2) is 0 Å². The monoisotopic (exact) mass is 375 g/mol. The molecular formula is C16H29N3O7. The minimum absolute atomic E-state index is 0.0215. The molecule has 1 unspecified atom stereocenters. The Morgan fingerprint density at radius 1 is 1.08 bits per heavy atom. The molecule has 150 valence electrons. The van der Waals surface area contributed by atoms with E-state index in [0.29, 0.717) is 19.6 Å². The van der Waals surface area contributed by atoms with Crippen LogP contribution in [0.4, 0.5) is 4.79 Å². The summed E-state index contributed by atoms with van der Waals surface area (Å²) in [4.78, 5) is 44.6. The van der Waals surface area contributed by atoms with Gasteiger partial charge in [-0.3, -0.25) is 9.59 Å². The van der Waals surface area contributed by atoms with Crippen molar-refractivity contribution in [3.05, 3.63) is 0 Å². The van der Waals surface area contributed by atoms with Crippen LogP contribution >= 0.6 is 0 Å². The number of nitrogens with one attached hydrogen (secondary N) is 3. The van der Waals surface area contributed by atoms with Gasteiger partial charge in [0, 0.05) is 19.6 Å². The van der Waals surface area contributed by atoms with E-state index >= 15 is 0 Å². The van der Waals surface area contributed by atoms with E-state index in [1.165, 1.54) is 0 Å². The van der Waals surface area contributed by atoms with Crippen LogP contribution in [0, 0.1) is 0 Å². The Balaban J connectivity index is 4.05. The first-order valence-electron chi connectivity index (χ1n) is 8.63. The summed E-state index contributed by atoms with van der Waals surface area (Å²) >= 11 is 0. The maximum atomic E-state index is 11.8. The third kappa shape index (κ3) is 13.0. The van der Waals surface area contributed by atoms with E-state index in [9.17, 15) is 19.2 Å². The van der Waals surface area contributed by atoms with Gasteiger partial charge in [0.2, 0.25) is 5.91 Å². The van der Waals surface area contributed by atoms with Crippen LogP contribution in [0.5, 0.6) is 0 Å². The van der Waals surface area contributed by atoms with Gasteiger partial charge in [-0.1, -0.05) is 13.3 Å². The van der Waals surface area contributed by atoms with Crippen molar-refractivity contribution < 1.29 is 34.1 Å². The van der Waals surface area contributed by atoms with Gasteiger partial charge in [-0.05, 0) is 26.2 Å². The lowest BCUT2D eigenvalue weighted by Crippen LogP contribution is -2.47. The summed E-state index contributed by atoms with van der Waals surface area (Å²) in [6.45, 7) is 4.46. The van der Waals surface area contributed by atoms with Gasteiger partial charge in [0.25, 0.3) is 0 Å². The Kier molecular flexibility index (Phi) is 12.6. The lowest BCUT2D eigenvalue weighted by Gasteiger charge is -2.15. The van der Waals surface area contributed by atoms with E-state index in [1.807, 2.05) is 12.2 Å². The van der Waals surface area contributed by atoms with Crippen molar-refractivity contribution in [2.75, 3.05) is 19.7 Å². The normalized spacial score (nSPS) is 12.7. The number of rotatable bonds is 14. The van der Waals surface area contributed by atoms with Crippen molar-refractivity contribution in [2.45, 2.75) is 58.1 Å². The number of unbranched alkanes of at least 4 members (excludes halogenated alkanes) is 1. The largest absolute Gasteiger partial charge is 0.480 e. The molecule has 0 saturated heterocycles. The molecule has 0 aliphatic heterocycles. The summed E-state index contributed by atoms with van der Waals surface area (Å²) in [5.41, 5.74) is 0. The van der Waals surface area contributed by atoms with Crippen LogP contribution in [0.1, 0.15) is 46.0 Å². The van der Waals surface area contributed by atoms with Crippen molar-refractivity contribution in [3.8, 4) is 0 Å². The molecule has 0 rings (SSSR count). The Labute approximate surface area is 152 Å². The lowest BCUT2D eigenvalue weighted by molar-refractivity contribution is -0.139. The van der Waals surface area contributed by atoms with E-state index in [-0.39, 0.29) is 24.9 Å². The molecule has 3 amide bonds. The average molecular weight is 375 g/mol. The molecule has 10 heteroatoms. The molecule has 0 aromatic rings. The van der Waals surface area contributed by atoms with E-state index in [4.69, 9.17) is 14.9 Å². The summed E-state index contributed by atoms with van der Waals surface area (Å²) in [6, 6.07) is -2.20. The highest BCUT2D eigenvalue weighted by Gasteiger charge is 2.21. The highest BCUT2D eigenvalue weighted by Crippen LogP contribution is 2.01. The van der Waals surface area contributed by atoms with Gasteiger partial charge in [-0.15, -0.1) is 0 Å². The minimum atomic E-state index is -1.30. The molecule has 0 spiro atoms. The standard InChI is InChI=1S/C16H29N3O7/c1-3-4-9-26-11(2)7-8-17-13(20)6-5-12(15(23)24)19-16(25)18-10-14(21)22/h11-12H,3-10H2,1-2H3,(H,17,20)(H,21,22)(H,23,24)(H2,18,19,25)/t11?,12-/m0/s1. The van der Waals surface area contributed by atoms with Crippen molar-refractivity contribution in [3.63, 3.8) is 0 Å². The molecule has 0 aromatic heterocycles. The Morgan fingerprint density at radius 3 is 2.35 bits per heavy atom. The number of carboxylic acid groups (broad SMARTS) is 2. The van der Waals surface area contributed by atoms with Crippen LogP contribution in [-0.2, 0) is 19.1 Å². The number of urea groups is 1. The number of carboxylic acids is 2. The molecule has 0 aliphatic carbocycles. The van der Waals surface area contributed by atoms with Gasteiger partial charge >= 0.3 is 18.0 Å². The van der Waals surface area contributed by atoms with Crippen LogP contribution in [0.3, 0.4) is 0 Å². The van der Waals surface area contributed by atoms with Crippen LogP contribution in [0.25, 0.3) is 0 Å². The summed E-state index contributed by atoms with van der Waals surface area (Å²) in [7, 11) is 0. The zero-order valence-electron chi connectivity index (χ0n) is 15.2. The second-order valence-electron chi connectivity index (χ2n) is 5.82. The Morgan fingerprint density at radius 2 is 1.77 bits per heavy atom. The predicted molar refractivity (Wildman–Crippen MR) is 92.8 cm³/mol. The topological polar surface area (TPSA) is 154 Å². The first-order chi connectivity index (χ1) is 12.3. The molecule has 0 aromatic carbocycles. The lowest BCUT2D eigenvalue weighted by atomic mass is 10.1. The maximum Gasteiger partial charge on any atom is 0.326 e. The SMILES string of the molecule is CCCCOC(C)CCNC(=O)CC[C@H](NC(=O)NCC(=O)O)C(=O)O. The first kappa shape index (κ1) is 23.6. The van der Waals surface area contributed by atoms with E-state index in [0.717, 1.165) is 12.8 Å². The molecule has 5 N–H and O–H groups in total. The van der Waals surface area contributed by atoms with Crippen molar-refractivity contribution in [2.24, 2.45) is 0 Å². The second kappa shape index (κ2) is 13.9. The maximum absolute atomic E-state index is 11.8. The summed E-state index contributed by atoms with van der Waals surface area (Å²) < 4.78 is 5.55. The quantitative estimate of drug-likeness (QED) is 0.274. The minimum Gasteiger partial charge on any atom is -0.480 e. The molecule has 0 saturated carbocycles. The fourth-order valence-electron chi connectivity index (χ4n) is 1.91.